The molecule has 9 heteroatoms. The summed E-state index contributed by atoms with van der Waals surface area (Å²) in [5.74, 6) is 0.00601. The molecular weight excluding hydrogens is 358 g/mol. The zero-order valence-corrected chi connectivity index (χ0v) is 15.2. The van der Waals surface area contributed by atoms with Gasteiger partial charge in [-0.25, -0.2) is 0 Å². The zero-order chi connectivity index (χ0) is 19.1. The number of benzene rings is 1. The minimum absolute atomic E-state index is 0.0354. The van der Waals surface area contributed by atoms with Crippen molar-refractivity contribution in [3.8, 4) is 0 Å². The van der Waals surface area contributed by atoms with E-state index < -0.39 is 16.7 Å². The van der Waals surface area contributed by atoms with Crippen molar-refractivity contribution in [1.82, 2.24) is 10.9 Å². The number of nitrogens with one attached hydrogen (secondary N) is 2. The molecule has 8 nitrogen and oxygen atoms in total. The highest BCUT2D eigenvalue weighted by Gasteiger charge is 2.19. The molecule has 0 unspecified atom stereocenters. The Labute approximate surface area is 154 Å². The quantitative estimate of drug-likeness (QED) is 0.434. The van der Waals surface area contributed by atoms with E-state index in [2.05, 4.69) is 24.7 Å². The van der Waals surface area contributed by atoms with Crippen molar-refractivity contribution < 1.29 is 18.9 Å². The summed E-state index contributed by atoms with van der Waals surface area (Å²) in [4.78, 5) is 35.1. The molecule has 0 bridgehead atoms. The molecule has 0 aliphatic rings. The number of hydrogen-bond donors (Lipinski definition) is 2. The van der Waals surface area contributed by atoms with Crippen molar-refractivity contribution in [1.29, 1.82) is 0 Å². The average molecular weight is 377 g/mol. The molecule has 26 heavy (non-hydrogen) atoms. The lowest BCUT2D eigenvalue weighted by molar-refractivity contribution is -0.387. The van der Waals surface area contributed by atoms with Crippen molar-refractivity contribution in [3.63, 3.8) is 0 Å². The number of thioether (sulfide) groups is 1. The second-order valence-corrected chi connectivity index (χ2v) is 6.99. The first-order valence-corrected chi connectivity index (χ1v) is 8.92. The summed E-state index contributed by atoms with van der Waals surface area (Å²) in [6.45, 7) is 4.17. The number of hydrazine groups is 1. The molecular formula is C17H19N3O5S. The number of nitro groups is 1. The van der Waals surface area contributed by atoms with Gasteiger partial charge in [-0.3, -0.25) is 30.6 Å². The second kappa shape index (κ2) is 9.04. The van der Waals surface area contributed by atoms with Gasteiger partial charge in [0.25, 0.3) is 11.6 Å². The fourth-order valence-electron chi connectivity index (χ4n) is 1.98. The Morgan fingerprint density at radius 1 is 1.23 bits per heavy atom. The Bertz CT molecular complexity index is 790. The van der Waals surface area contributed by atoms with Crippen LogP contribution in [0.2, 0.25) is 0 Å². The maximum absolute atomic E-state index is 12.1. The van der Waals surface area contributed by atoms with Crippen LogP contribution >= 0.6 is 11.8 Å². The zero-order valence-electron chi connectivity index (χ0n) is 14.4. The number of rotatable bonds is 7. The van der Waals surface area contributed by atoms with E-state index in [9.17, 15) is 19.7 Å². The number of nitrogens with zero attached hydrogens (tertiary/aromatic N) is 1. The number of amides is 2. The number of carbonyl (C=O) groups is 2. The van der Waals surface area contributed by atoms with E-state index in [1.54, 1.807) is 6.07 Å². The molecule has 1 heterocycles. The number of nitro benzene ring substituents is 1. The van der Waals surface area contributed by atoms with E-state index in [-0.39, 0.29) is 17.0 Å². The highest BCUT2D eigenvalue weighted by atomic mass is 32.2. The van der Waals surface area contributed by atoms with E-state index >= 15 is 0 Å². The summed E-state index contributed by atoms with van der Waals surface area (Å²) in [7, 11) is 0. The Hall–Kier alpha value is -2.81. The van der Waals surface area contributed by atoms with Crippen LogP contribution in [-0.2, 0) is 0 Å². The lowest BCUT2D eigenvalue weighted by atomic mass is 10.2. The predicted molar refractivity (Wildman–Crippen MR) is 96.9 cm³/mol. The first-order valence-electron chi connectivity index (χ1n) is 7.94. The van der Waals surface area contributed by atoms with Crippen LogP contribution in [0, 0.1) is 16.0 Å². The molecule has 1 aromatic heterocycles. The fourth-order valence-corrected chi connectivity index (χ4v) is 3.24. The number of furan rings is 1. The van der Waals surface area contributed by atoms with Crippen molar-refractivity contribution >= 4 is 29.3 Å². The van der Waals surface area contributed by atoms with Crippen molar-refractivity contribution in [2.75, 3.05) is 5.75 Å². The van der Waals surface area contributed by atoms with E-state index in [0.717, 1.165) is 12.2 Å². The van der Waals surface area contributed by atoms with Gasteiger partial charge in [-0.1, -0.05) is 13.8 Å². The summed E-state index contributed by atoms with van der Waals surface area (Å²) >= 11 is 1.39. The molecule has 2 N–H and O–H groups in total. The van der Waals surface area contributed by atoms with E-state index in [0.29, 0.717) is 10.8 Å². The van der Waals surface area contributed by atoms with Crippen LogP contribution in [0.4, 0.5) is 5.69 Å². The molecule has 2 rings (SSSR count). The molecule has 0 radical (unpaired) electrons. The monoisotopic (exact) mass is 377 g/mol. The van der Waals surface area contributed by atoms with E-state index in [4.69, 9.17) is 4.42 Å². The lowest BCUT2D eigenvalue weighted by Gasteiger charge is -2.08. The molecule has 1 aromatic carbocycles. The van der Waals surface area contributed by atoms with Crippen LogP contribution < -0.4 is 10.9 Å². The molecule has 0 aliphatic carbocycles. The Morgan fingerprint density at radius 2 is 1.96 bits per heavy atom. The van der Waals surface area contributed by atoms with Crippen LogP contribution in [0.15, 0.2) is 45.9 Å². The average Bonchev–Trinajstić information content (AvgIpc) is 3.13. The third-order valence-electron chi connectivity index (χ3n) is 3.41. The molecule has 0 spiro atoms. The van der Waals surface area contributed by atoms with Gasteiger partial charge in [-0.15, -0.1) is 11.8 Å². The summed E-state index contributed by atoms with van der Waals surface area (Å²) in [6.07, 6.45) is 2.26. The SMILES string of the molecule is CC(C)CCSc1ccc(C(=O)NNC(=O)c2ccco2)cc1[N+](=O)[O-]. The van der Waals surface area contributed by atoms with Crippen LogP contribution in [-0.4, -0.2) is 22.5 Å². The lowest BCUT2D eigenvalue weighted by Crippen LogP contribution is -2.41. The molecule has 0 atom stereocenters. The third-order valence-corrected chi connectivity index (χ3v) is 4.50. The van der Waals surface area contributed by atoms with Crippen molar-refractivity contribution in [3.05, 3.63) is 58.0 Å². The Balaban J connectivity index is 2.04. The van der Waals surface area contributed by atoms with Crippen LogP contribution in [0.25, 0.3) is 0 Å². The van der Waals surface area contributed by atoms with Gasteiger partial charge < -0.3 is 4.42 Å². The summed E-state index contributed by atoms with van der Waals surface area (Å²) in [6, 6.07) is 7.21. The molecule has 138 valence electrons. The maximum atomic E-state index is 12.1. The number of hydrogen-bond acceptors (Lipinski definition) is 6. The first-order chi connectivity index (χ1) is 12.4. The second-order valence-electron chi connectivity index (χ2n) is 5.86. The van der Waals surface area contributed by atoms with Crippen LogP contribution in [0.5, 0.6) is 0 Å². The smallest absolute Gasteiger partial charge is 0.305 e. The first kappa shape index (κ1) is 19.5. The van der Waals surface area contributed by atoms with Gasteiger partial charge in [0.1, 0.15) is 0 Å². The van der Waals surface area contributed by atoms with E-state index in [1.165, 1.54) is 42.3 Å². The third kappa shape index (κ3) is 5.35. The normalized spacial score (nSPS) is 10.6. The van der Waals surface area contributed by atoms with Crippen molar-refractivity contribution in [2.45, 2.75) is 25.2 Å². The molecule has 2 aromatic rings. The van der Waals surface area contributed by atoms with Crippen LogP contribution in [0.3, 0.4) is 0 Å². The maximum Gasteiger partial charge on any atom is 0.305 e. The summed E-state index contributed by atoms with van der Waals surface area (Å²) in [5, 5.41) is 11.3. The van der Waals surface area contributed by atoms with Gasteiger partial charge in [0, 0.05) is 11.6 Å². The minimum Gasteiger partial charge on any atom is -0.459 e. The van der Waals surface area contributed by atoms with E-state index in [1.807, 2.05) is 0 Å². The van der Waals surface area contributed by atoms with Crippen LogP contribution in [0.1, 0.15) is 41.2 Å². The molecule has 0 saturated carbocycles. The highest BCUT2D eigenvalue weighted by Crippen LogP contribution is 2.31. The largest absolute Gasteiger partial charge is 0.459 e. The van der Waals surface area contributed by atoms with Crippen molar-refractivity contribution in [2.24, 2.45) is 5.92 Å². The topological polar surface area (TPSA) is 114 Å². The van der Waals surface area contributed by atoms with Gasteiger partial charge in [-0.05, 0) is 42.4 Å². The van der Waals surface area contributed by atoms with Gasteiger partial charge in [0.2, 0.25) is 0 Å². The summed E-state index contributed by atoms with van der Waals surface area (Å²) in [5.41, 5.74) is 4.33. The molecule has 0 aliphatic heterocycles. The minimum atomic E-state index is -0.660. The van der Waals surface area contributed by atoms with Gasteiger partial charge >= 0.3 is 5.91 Å². The van der Waals surface area contributed by atoms with Gasteiger partial charge in [0.05, 0.1) is 16.1 Å². The number of carbonyl (C=O) groups excluding carboxylic acids is 2. The highest BCUT2D eigenvalue weighted by molar-refractivity contribution is 7.99. The molecule has 2 amide bonds. The fraction of sp³-hybridized carbons (Fsp3) is 0.294. The molecule has 0 fully saturated rings. The standard InChI is InChI=1S/C17H19N3O5S/c1-11(2)7-9-26-15-6-5-12(10-13(15)20(23)24)16(21)18-19-17(22)14-4-3-8-25-14/h3-6,8,10-11H,7,9H2,1-2H3,(H,18,21)(H,19,22). The summed E-state index contributed by atoms with van der Waals surface area (Å²) < 4.78 is 4.90. The molecule has 0 saturated heterocycles. The predicted octanol–water partition coefficient (Wildman–Crippen LogP) is 3.40. The Kier molecular flexibility index (Phi) is 6.79. The van der Waals surface area contributed by atoms with Gasteiger partial charge in [-0.2, -0.15) is 0 Å². The Morgan fingerprint density at radius 3 is 2.58 bits per heavy atom. The van der Waals surface area contributed by atoms with Gasteiger partial charge in [0.15, 0.2) is 5.76 Å².